The minimum Gasteiger partial charge on any atom is -0.224 e. The zero-order chi connectivity index (χ0) is 9.69. The summed E-state index contributed by atoms with van der Waals surface area (Å²) in [7, 11) is -2.87. The summed E-state index contributed by atoms with van der Waals surface area (Å²) in [4.78, 5) is 0. The first-order valence-corrected chi connectivity index (χ1v) is 7.21. The molecule has 0 bridgehead atoms. The van der Waals surface area contributed by atoms with E-state index in [1.54, 1.807) is 0 Å². The predicted molar refractivity (Wildman–Crippen MR) is 56.4 cm³/mol. The van der Waals surface area contributed by atoms with Crippen LogP contribution < -0.4 is 0 Å². The van der Waals surface area contributed by atoms with Crippen LogP contribution in [0, 0.1) is 11.8 Å². The number of hydrogen-bond donors (Lipinski definition) is 0. The van der Waals surface area contributed by atoms with Gasteiger partial charge in [0.05, 0.1) is 5.75 Å². The molecule has 1 fully saturated rings. The summed E-state index contributed by atoms with van der Waals surface area (Å²) in [5.41, 5.74) is 0. The van der Waals surface area contributed by atoms with Crippen LogP contribution in [0.1, 0.15) is 13.8 Å². The Balaban J connectivity index is 2.18. The van der Waals surface area contributed by atoms with Crippen molar-refractivity contribution in [2.24, 2.45) is 11.8 Å². The molecule has 2 unspecified atom stereocenters. The van der Waals surface area contributed by atoms with E-state index in [0.717, 1.165) is 5.75 Å². The topological polar surface area (TPSA) is 34.1 Å². The third kappa shape index (κ3) is 1.54. The highest BCUT2D eigenvalue weighted by atomic mass is 32.2. The quantitative estimate of drug-likeness (QED) is 0.661. The van der Waals surface area contributed by atoms with Crippen LogP contribution in [-0.2, 0) is 9.84 Å². The van der Waals surface area contributed by atoms with Crippen molar-refractivity contribution in [3.63, 3.8) is 0 Å². The van der Waals surface area contributed by atoms with Gasteiger partial charge in [0.2, 0.25) is 0 Å². The Labute approximate surface area is 83.7 Å². The first-order valence-electron chi connectivity index (χ1n) is 4.51. The van der Waals surface area contributed by atoms with Gasteiger partial charge >= 0.3 is 0 Å². The average Bonchev–Trinajstić information content (AvgIpc) is 2.73. The van der Waals surface area contributed by atoms with E-state index in [1.807, 2.05) is 17.8 Å². The molecule has 13 heavy (non-hydrogen) atoms. The van der Waals surface area contributed by atoms with Gasteiger partial charge in [-0.2, -0.15) is 11.8 Å². The predicted octanol–water partition coefficient (Wildman–Crippen LogP) is 1.69. The Kier molecular flexibility index (Phi) is 2.04. The summed E-state index contributed by atoms with van der Waals surface area (Å²) in [6.07, 6.45) is 1.88. The van der Waals surface area contributed by atoms with Crippen LogP contribution >= 0.6 is 11.8 Å². The van der Waals surface area contributed by atoms with Crippen molar-refractivity contribution in [1.29, 1.82) is 0 Å². The summed E-state index contributed by atoms with van der Waals surface area (Å²) in [5.74, 6) is 2.27. The van der Waals surface area contributed by atoms with Gasteiger partial charge in [0.25, 0.3) is 0 Å². The Morgan fingerprint density at radius 3 is 2.46 bits per heavy atom. The lowest BCUT2D eigenvalue weighted by Crippen LogP contribution is -2.29. The molecule has 2 aliphatic rings. The molecule has 0 radical (unpaired) electrons. The van der Waals surface area contributed by atoms with E-state index in [0.29, 0.717) is 11.7 Å². The molecular formula is C9H14O2S2. The third-order valence-corrected chi connectivity index (χ3v) is 6.14. The van der Waals surface area contributed by atoms with Crippen LogP contribution in [0.3, 0.4) is 0 Å². The van der Waals surface area contributed by atoms with E-state index in [2.05, 4.69) is 13.8 Å². The summed E-state index contributed by atoms with van der Waals surface area (Å²) in [6, 6.07) is 0. The standard InChI is InChI=1S/C9H14O2S2/c1-7(2)9(6-12-9)8-3-4-13(10,11)5-8/h3-4,7-8H,5-6H2,1-2H3. The molecule has 2 atom stereocenters. The van der Waals surface area contributed by atoms with Crippen LogP contribution in [-0.4, -0.2) is 24.7 Å². The van der Waals surface area contributed by atoms with Gasteiger partial charge in [-0.05, 0) is 5.92 Å². The second-order valence-electron chi connectivity index (χ2n) is 4.16. The van der Waals surface area contributed by atoms with E-state index in [9.17, 15) is 8.42 Å². The molecule has 0 aromatic rings. The largest absolute Gasteiger partial charge is 0.224 e. The molecule has 2 aliphatic heterocycles. The van der Waals surface area contributed by atoms with Gasteiger partial charge < -0.3 is 0 Å². The van der Waals surface area contributed by atoms with Crippen molar-refractivity contribution in [3.05, 3.63) is 11.5 Å². The molecule has 0 saturated carbocycles. The van der Waals surface area contributed by atoms with Gasteiger partial charge in [0.1, 0.15) is 0 Å². The maximum Gasteiger partial charge on any atom is 0.171 e. The van der Waals surface area contributed by atoms with Crippen molar-refractivity contribution >= 4 is 21.6 Å². The van der Waals surface area contributed by atoms with Crippen LogP contribution in [0.2, 0.25) is 0 Å². The fourth-order valence-corrected chi connectivity index (χ4v) is 4.92. The Bertz CT molecular complexity index is 337. The number of hydrogen-bond acceptors (Lipinski definition) is 3. The van der Waals surface area contributed by atoms with E-state index >= 15 is 0 Å². The third-order valence-electron chi connectivity index (χ3n) is 3.01. The van der Waals surface area contributed by atoms with Crippen molar-refractivity contribution < 1.29 is 8.42 Å². The minimum absolute atomic E-state index is 0.236. The summed E-state index contributed by atoms with van der Waals surface area (Å²) < 4.78 is 22.7. The molecule has 74 valence electrons. The average molecular weight is 218 g/mol. The Morgan fingerprint density at radius 1 is 1.54 bits per heavy atom. The molecule has 2 rings (SSSR count). The first kappa shape index (κ1) is 9.59. The zero-order valence-electron chi connectivity index (χ0n) is 7.86. The molecule has 4 heteroatoms. The van der Waals surface area contributed by atoms with Gasteiger partial charge in [-0.1, -0.05) is 19.9 Å². The van der Waals surface area contributed by atoms with Gasteiger partial charge in [0.15, 0.2) is 9.84 Å². The monoisotopic (exact) mass is 218 g/mol. The van der Waals surface area contributed by atoms with Crippen molar-refractivity contribution in [2.45, 2.75) is 18.6 Å². The molecule has 0 spiro atoms. The van der Waals surface area contributed by atoms with E-state index in [4.69, 9.17) is 0 Å². The van der Waals surface area contributed by atoms with Crippen molar-refractivity contribution in [2.75, 3.05) is 11.5 Å². The summed E-state index contributed by atoms with van der Waals surface area (Å²) >= 11 is 1.91. The van der Waals surface area contributed by atoms with Crippen LogP contribution in [0.15, 0.2) is 11.5 Å². The fraction of sp³-hybridized carbons (Fsp3) is 0.778. The van der Waals surface area contributed by atoms with E-state index < -0.39 is 9.84 Å². The molecule has 0 aliphatic carbocycles. The lowest BCUT2D eigenvalue weighted by atomic mass is 9.86. The number of sulfone groups is 1. The Morgan fingerprint density at radius 2 is 2.15 bits per heavy atom. The molecule has 0 amide bonds. The zero-order valence-corrected chi connectivity index (χ0v) is 9.49. The lowest BCUT2D eigenvalue weighted by Gasteiger charge is -2.22. The number of allylic oxidation sites excluding steroid dienone is 1. The highest BCUT2D eigenvalue weighted by Gasteiger charge is 2.53. The molecule has 0 aromatic carbocycles. The van der Waals surface area contributed by atoms with Crippen molar-refractivity contribution in [1.82, 2.24) is 0 Å². The molecule has 0 N–H and O–H groups in total. The van der Waals surface area contributed by atoms with Gasteiger partial charge in [-0.25, -0.2) is 8.42 Å². The number of thioether (sulfide) groups is 1. The highest BCUT2D eigenvalue weighted by molar-refractivity contribution is 8.08. The van der Waals surface area contributed by atoms with Crippen molar-refractivity contribution in [3.8, 4) is 0 Å². The highest BCUT2D eigenvalue weighted by Crippen LogP contribution is 2.57. The van der Waals surface area contributed by atoms with Gasteiger partial charge in [0, 0.05) is 21.8 Å². The maximum absolute atomic E-state index is 11.2. The number of rotatable bonds is 2. The lowest BCUT2D eigenvalue weighted by molar-refractivity contribution is 0.437. The second-order valence-corrected chi connectivity index (χ2v) is 7.43. The Hall–Kier alpha value is 0.0400. The molecule has 2 heterocycles. The summed E-state index contributed by atoms with van der Waals surface area (Å²) in [5, 5.41) is 1.39. The SMILES string of the molecule is CC(C)C1(C2C=CS(=O)(=O)C2)CS1. The summed E-state index contributed by atoms with van der Waals surface area (Å²) in [6.45, 7) is 4.36. The van der Waals surface area contributed by atoms with E-state index in [-0.39, 0.29) is 10.7 Å². The van der Waals surface area contributed by atoms with Crippen LogP contribution in [0.25, 0.3) is 0 Å². The minimum atomic E-state index is -2.87. The molecular weight excluding hydrogens is 204 g/mol. The van der Waals surface area contributed by atoms with Gasteiger partial charge in [-0.15, -0.1) is 0 Å². The van der Waals surface area contributed by atoms with Crippen LogP contribution in [0.4, 0.5) is 0 Å². The normalized spacial score (nSPS) is 41.3. The maximum atomic E-state index is 11.2. The smallest absolute Gasteiger partial charge is 0.171 e. The molecule has 1 saturated heterocycles. The second kappa shape index (κ2) is 2.76. The fourth-order valence-electron chi connectivity index (χ4n) is 1.94. The molecule has 2 nitrogen and oxygen atoms in total. The van der Waals surface area contributed by atoms with E-state index in [1.165, 1.54) is 5.41 Å². The van der Waals surface area contributed by atoms with Gasteiger partial charge in [-0.3, -0.25) is 0 Å². The van der Waals surface area contributed by atoms with Crippen LogP contribution in [0.5, 0.6) is 0 Å². The molecule has 0 aromatic heterocycles. The first-order chi connectivity index (χ1) is 5.96.